The Labute approximate surface area is 176 Å². The van der Waals surface area contributed by atoms with Crippen molar-refractivity contribution in [2.75, 3.05) is 5.32 Å². The third-order valence-corrected chi connectivity index (χ3v) is 4.07. The van der Waals surface area contributed by atoms with Crippen LogP contribution in [0.25, 0.3) is 10.9 Å². The molecule has 0 bridgehead atoms. The van der Waals surface area contributed by atoms with Gasteiger partial charge in [-0.2, -0.15) is 0 Å². The van der Waals surface area contributed by atoms with Gasteiger partial charge in [-0.05, 0) is 60.7 Å². The third-order valence-electron chi connectivity index (χ3n) is 4.07. The Kier molecular flexibility index (Phi) is 6.27. The quantitative estimate of drug-likeness (QED) is 0.324. The van der Waals surface area contributed by atoms with E-state index in [2.05, 4.69) is 25.5 Å². The van der Waals surface area contributed by atoms with Crippen molar-refractivity contribution in [3.8, 4) is 0 Å². The Balaban J connectivity index is 0.00000240. The molecule has 0 aliphatic rings. The molecule has 7 nitrogen and oxygen atoms in total. The summed E-state index contributed by atoms with van der Waals surface area (Å²) in [5.41, 5.74) is 3.19. The number of nitrogens with zero attached hydrogens (tertiary/aromatic N) is 4. The zero-order valence-electron chi connectivity index (χ0n) is 15.0. The summed E-state index contributed by atoms with van der Waals surface area (Å²) in [6, 6.07) is 19.5. The Hall–Kier alpha value is -3.64. The number of pyridine rings is 2. The van der Waals surface area contributed by atoms with Gasteiger partial charge in [-0.1, -0.05) is 6.07 Å². The normalized spacial score (nSPS) is 10.6. The summed E-state index contributed by atoms with van der Waals surface area (Å²) in [6.07, 6.45) is 3.36. The van der Waals surface area contributed by atoms with Gasteiger partial charge in [-0.25, -0.2) is 9.78 Å². The fourth-order valence-electron chi connectivity index (χ4n) is 2.72. The number of azo groups is 1. The van der Waals surface area contributed by atoms with E-state index < -0.39 is 5.97 Å². The number of carboxylic acids is 1. The van der Waals surface area contributed by atoms with Gasteiger partial charge in [0, 0.05) is 45.6 Å². The Bertz CT molecular complexity index is 1160. The predicted molar refractivity (Wildman–Crippen MR) is 107 cm³/mol. The van der Waals surface area contributed by atoms with E-state index in [1.165, 1.54) is 0 Å². The second-order valence-corrected chi connectivity index (χ2v) is 5.93. The molecule has 4 rings (SSSR count). The molecule has 0 amide bonds. The Morgan fingerprint density at radius 1 is 0.862 bits per heavy atom. The molecule has 2 heterocycles. The van der Waals surface area contributed by atoms with Gasteiger partial charge in [0.15, 0.2) is 5.82 Å². The minimum absolute atomic E-state index is 0. The largest absolute Gasteiger partial charge is 0.478 e. The van der Waals surface area contributed by atoms with Gasteiger partial charge in [-0.15, -0.1) is 10.2 Å². The topological polar surface area (TPSA) is 99.8 Å². The van der Waals surface area contributed by atoms with Crippen LogP contribution in [0.3, 0.4) is 0 Å². The smallest absolute Gasteiger partial charge is 0.335 e. The molecule has 29 heavy (non-hydrogen) atoms. The van der Waals surface area contributed by atoms with Crippen LogP contribution in [-0.4, -0.2) is 21.0 Å². The molecule has 0 unspecified atom stereocenters. The van der Waals surface area contributed by atoms with E-state index in [4.69, 9.17) is 5.11 Å². The maximum Gasteiger partial charge on any atom is 0.335 e. The number of fused-ring (bicyclic) bond motifs is 1. The molecule has 2 aromatic carbocycles. The van der Waals surface area contributed by atoms with E-state index >= 15 is 0 Å². The van der Waals surface area contributed by atoms with Crippen LogP contribution in [0.5, 0.6) is 0 Å². The SMILES string of the molecule is O=C(O)c1ccc(Nc2ccc(N=Nc3ccccn3)c3ncccc23)cc1.[Ni]. The number of hydrogen-bond acceptors (Lipinski definition) is 6. The maximum atomic E-state index is 11.0. The first-order chi connectivity index (χ1) is 13.7. The molecule has 0 aliphatic carbocycles. The average molecular weight is 428 g/mol. The van der Waals surface area contributed by atoms with E-state index in [0.717, 1.165) is 16.8 Å². The Morgan fingerprint density at radius 3 is 2.38 bits per heavy atom. The molecule has 2 N–H and O–H groups in total. The second-order valence-electron chi connectivity index (χ2n) is 5.93. The van der Waals surface area contributed by atoms with E-state index in [1.54, 1.807) is 42.7 Å². The molecular weight excluding hydrogens is 413 g/mol. The molecule has 2 aromatic heterocycles. The molecule has 0 fully saturated rings. The van der Waals surface area contributed by atoms with Crippen molar-refractivity contribution in [2.24, 2.45) is 10.2 Å². The number of benzene rings is 2. The maximum absolute atomic E-state index is 11.0. The fraction of sp³-hybridized carbons (Fsp3) is 0. The van der Waals surface area contributed by atoms with Crippen LogP contribution in [0.4, 0.5) is 22.9 Å². The number of carbonyl (C=O) groups is 1. The zero-order chi connectivity index (χ0) is 19.3. The standard InChI is InChI=1S/C21H15N5O2.Ni/c27-21(28)14-6-8-15(9-7-14)24-17-10-11-18(20-16(17)4-3-13-23-20)25-26-19-5-1-2-12-22-19;/h1-13,24H,(H,27,28);. The van der Waals surface area contributed by atoms with Crippen LogP contribution >= 0.6 is 0 Å². The monoisotopic (exact) mass is 427 g/mol. The molecule has 8 heteroatoms. The molecule has 0 atom stereocenters. The Morgan fingerprint density at radius 2 is 1.66 bits per heavy atom. The van der Waals surface area contributed by atoms with E-state index in [0.29, 0.717) is 17.0 Å². The van der Waals surface area contributed by atoms with Crippen molar-refractivity contribution in [1.29, 1.82) is 0 Å². The van der Waals surface area contributed by atoms with E-state index in [1.807, 2.05) is 36.4 Å². The summed E-state index contributed by atoms with van der Waals surface area (Å²) in [5, 5.41) is 21.6. The van der Waals surface area contributed by atoms with Gasteiger partial charge in [0.2, 0.25) is 0 Å². The summed E-state index contributed by atoms with van der Waals surface area (Å²) < 4.78 is 0. The predicted octanol–water partition coefficient (Wildman–Crippen LogP) is 5.48. The van der Waals surface area contributed by atoms with Crippen LogP contribution in [0.2, 0.25) is 0 Å². The van der Waals surface area contributed by atoms with Crippen molar-refractivity contribution >= 4 is 39.8 Å². The van der Waals surface area contributed by atoms with Crippen molar-refractivity contribution < 1.29 is 26.4 Å². The molecule has 0 saturated heterocycles. The van der Waals surface area contributed by atoms with Gasteiger partial charge in [0.1, 0.15) is 5.69 Å². The van der Waals surface area contributed by atoms with Crippen LogP contribution in [0.1, 0.15) is 10.4 Å². The summed E-state index contributed by atoms with van der Waals surface area (Å²) >= 11 is 0. The van der Waals surface area contributed by atoms with Crippen molar-refractivity contribution in [3.05, 3.63) is 84.7 Å². The van der Waals surface area contributed by atoms with Gasteiger partial charge in [0.25, 0.3) is 0 Å². The van der Waals surface area contributed by atoms with Crippen molar-refractivity contribution in [2.45, 2.75) is 0 Å². The van der Waals surface area contributed by atoms with Gasteiger partial charge < -0.3 is 10.4 Å². The molecule has 4 aromatic rings. The molecule has 0 saturated carbocycles. The number of carboxylic acid groups (broad SMARTS) is 1. The number of rotatable bonds is 5. The van der Waals surface area contributed by atoms with E-state index in [-0.39, 0.29) is 22.1 Å². The van der Waals surface area contributed by atoms with E-state index in [9.17, 15) is 4.79 Å². The number of anilines is 2. The van der Waals surface area contributed by atoms with Crippen LogP contribution in [-0.2, 0) is 16.5 Å². The third kappa shape index (κ3) is 4.62. The van der Waals surface area contributed by atoms with Gasteiger partial charge >= 0.3 is 5.97 Å². The minimum atomic E-state index is -0.955. The summed E-state index contributed by atoms with van der Waals surface area (Å²) in [7, 11) is 0. The number of hydrogen-bond donors (Lipinski definition) is 2. The zero-order valence-corrected chi connectivity index (χ0v) is 16.0. The number of aromatic carboxylic acids is 1. The van der Waals surface area contributed by atoms with Crippen molar-refractivity contribution in [1.82, 2.24) is 9.97 Å². The average Bonchev–Trinajstić information content (AvgIpc) is 2.74. The molecule has 0 aliphatic heterocycles. The number of nitrogens with one attached hydrogen (secondary N) is 1. The fourth-order valence-corrected chi connectivity index (χ4v) is 2.72. The molecule has 0 spiro atoms. The van der Waals surface area contributed by atoms with Crippen LogP contribution < -0.4 is 5.32 Å². The first-order valence-corrected chi connectivity index (χ1v) is 8.51. The number of aromatic nitrogens is 2. The first-order valence-electron chi connectivity index (χ1n) is 8.51. The summed E-state index contributed by atoms with van der Waals surface area (Å²) in [4.78, 5) is 19.6. The second kappa shape index (κ2) is 9.04. The molecule has 146 valence electrons. The van der Waals surface area contributed by atoms with Crippen molar-refractivity contribution in [3.63, 3.8) is 0 Å². The van der Waals surface area contributed by atoms with Crippen LogP contribution in [0, 0.1) is 0 Å². The molecule has 0 radical (unpaired) electrons. The minimum Gasteiger partial charge on any atom is -0.478 e. The first kappa shape index (κ1) is 20.1. The van der Waals surface area contributed by atoms with Gasteiger partial charge in [-0.3, -0.25) is 4.98 Å². The molecular formula is C21H15N5NiO2. The van der Waals surface area contributed by atoms with Gasteiger partial charge in [0.05, 0.1) is 11.1 Å². The summed E-state index contributed by atoms with van der Waals surface area (Å²) in [6.45, 7) is 0. The summed E-state index contributed by atoms with van der Waals surface area (Å²) in [5.74, 6) is -0.434. The van der Waals surface area contributed by atoms with Crippen LogP contribution in [0.15, 0.2) is 89.4 Å².